The molecule has 1 amide bonds. The van der Waals surface area contributed by atoms with E-state index in [0.29, 0.717) is 13.1 Å². The van der Waals surface area contributed by atoms with Gasteiger partial charge in [0.25, 0.3) is 0 Å². The largest absolute Gasteiger partial charge is 0.444 e. The molecule has 0 fully saturated rings. The Morgan fingerprint density at radius 3 is 2.16 bits per heavy atom. The summed E-state index contributed by atoms with van der Waals surface area (Å²) in [7, 11) is 0. The predicted molar refractivity (Wildman–Crippen MR) is 107 cm³/mol. The lowest BCUT2D eigenvalue weighted by atomic mass is 10.1. The van der Waals surface area contributed by atoms with Gasteiger partial charge in [-0.15, -0.1) is 0 Å². The Balaban J connectivity index is 0.00000312. The number of hydrogen-bond donors (Lipinski definition) is 0. The molecule has 0 aliphatic carbocycles. The first-order valence-electron chi connectivity index (χ1n) is 8.10. The molecule has 0 N–H and O–H groups in total. The number of amides is 1. The minimum absolute atomic E-state index is 0. The van der Waals surface area contributed by atoms with Gasteiger partial charge in [-0.2, -0.15) is 0 Å². The number of ether oxygens (including phenoxy) is 1. The van der Waals surface area contributed by atoms with E-state index in [1.807, 2.05) is 63.2 Å². The van der Waals surface area contributed by atoms with Crippen LogP contribution in [0.2, 0.25) is 0 Å². The number of nitrogens with zero attached hydrogens (tertiary/aromatic N) is 1. The summed E-state index contributed by atoms with van der Waals surface area (Å²) >= 11 is 3.44. The maximum Gasteiger partial charge on any atom is 0.410 e. The van der Waals surface area contributed by atoms with Crippen LogP contribution in [-0.2, 0) is 17.7 Å². The van der Waals surface area contributed by atoms with E-state index in [2.05, 4.69) is 28.1 Å². The number of halogens is 1. The summed E-state index contributed by atoms with van der Waals surface area (Å²) in [5.41, 5.74) is 1.79. The van der Waals surface area contributed by atoms with E-state index in [1.165, 1.54) is 5.56 Å². The third kappa shape index (κ3) is 7.78. The minimum atomic E-state index is -0.496. The van der Waals surface area contributed by atoms with Crippen molar-refractivity contribution in [3.63, 3.8) is 0 Å². The van der Waals surface area contributed by atoms with Crippen molar-refractivity contribution < 1.29 is 9.53 Å². The van der Waals surface area contributed by atoms with Gasteiger partial charge in [0.15, 0.2) is 0 Å². The van der Waals surface area contributed by atoms with Crippen molar-refractivity contribution in [2.75, 3.05) is 6.54 Å². The van der Waals surface area contributed by atoms with Gasteiger partial charge in [-0.3, -0.25) is 0 Å². The van der Waals surface area contributed by atoms with Crippen LogP contribution in [0.1, 0.15) is 31.9 Å². The van der Waals surface area contributed by atoms with E-state index in [-0.39, 0.29) is 14.5 Å². The van der Waals surface area contributed by atoms with Crippen LogP contribution in [-0.4, -0.2) is 31.6 Å². The molecule has 3 nitrogen and oxygen atoms in total. The second kappa shape index (κ2) is 9.66. The standard InChI is InChI=1S/C20H24BrNO2.B/c1-20(2,3)24-19(23)22(15-17-7-5-4-6-8-17)14-13-16-9-11-18(21)12-10-16;/h4-12H,13-15H2,1-3H3;. The van der Waals surface area contributed by atoms with Crippen molar-refractivity contribution in [3.8, 4) is 0 Å². The molecule has 0 heterocycles. The molecule has 5 heteroatoms. The van der Waals surface area contributed by atoms with Gasteiger partial charge >= 0.3 is 6.09 Å². The fraction of sp³-hybridized carbons (Fsp3) is 0.350. The lowest BCUT2D eigenvalue weighted by molar-refractivity contribution is 0.0236. The Kier molecular flexibility index (Phi) is 8.23. The van der Waals surface area contributed by atoms with E-state index >= 15 is 0 Å². The summed E-state index contributed by atoms with van der Waals surface area (Å²) in [5, 5.41) is 0. The zero-order chi connectivity index (χ0) is 17.6. The van der Waals surface area contributed by atoms with Crippen LogP contribution in [0, 0.1) is 0 Å². The van der Waals surface area contributed by atoms with Crippen LogP contribution in [0.15, 0.2) is 59.1 Å². The van der Waals surface area contributed by atoms with Gasteiger partial charge in [-0.05, 0) is 50.5 Å². The molecule has 0 bridgehead atoms. The first-order valence-corrected chi connectivity index (χ1v) is 8.89. The number of rotatable bonds is 5. The van der Waals surface area contributed by atoms with Crippen LogP contribution in [0.3, 0.4) is 0 Å². The second-order valence-corrected chi connectivity index (χ2v) is 7.68. The number of carbonyl (C=O) groups excluding carboxylic acids is 1. The topological polar surface area (TPSA) is 29.5 Å². The molecule has 0 aliphatic heterocycles. The maximum absolute atomic E-state index is 12.5. The van der Waals surface area contributed by atoms with Crippen molar-refractivity contribution in [1.82, 2.24) is 4.90 Å². The quantitative estimate of drug-likeness (QED) is 0.657. The molecular formula is C20H24BBrNO2. The Hall–Kier alpha value is -1.75. The van der Waals surface area contributed by atoms with Crippen LogP contribution in [0.5, 0.6) is 0 Å². The van der Waals surface area contributed by atoms with Crippen molar-refractivity contribution >= 4 is 30.4 Å². The normalized spacial score (nSPS) is 10.7. The molecular weight excluding hydrogens is 377 g/mol. The second-order valence-electron chi connectivity index (χ2n) is 6.76. The van der Waals surface area contributed by atoms with Crippen LogP contribution >= 0.6 is 15.9 Å². The molecule has 0 spiro atoms. The molecule has 0 aromatic heterocycles. The lowest BCUT2D eigenvalue weighted by Crippen LogP contribution is -2.37. The molecule has 131 valence electrons. The Morgan fingerprint density at radius 2 is 1.60 bits per heavy atom. The monoisotopic (exact) mass is 400 g/mol. The van der Waals surface area contributed by atoms with E-state index in [1.54, 1.807) is 4.90 Å². The SMILES string of the molecule is CC(C)(C)OC(=O)N(CCc1ccc(Br)cc1)Cc1ccccc1.[B]. The van der Waals surface area contributed by atoms with Gasteiger partial charge in [0, 0.05) is 26.0 Å². The van der Waals surface area contributed by atoms with Gasteiger partial charge < -0.3 is 9.64 Å². The van der Waals surface area contributed by atoms with Gasteiger partial charge in [-0.1, -0.05) is 58.4 Å². The van der Waals surface area contributed by atoms with Gasteiger partial charge in [-0.25, -0.2) is 4.79 Å². The lowest BCUT2D eigenvalue weighted by Gasteiger charge is -2.27. The molecule has 3 radical (unpaired) electrons. The molecule has 2 aromatic rings. The average Bonchev–Trinajstić information content (AvgIpc) is 2.52. The predicted octanol–water partition coefficient (Wildman–Crippen LogP) is 5.05. The fourth-order valence-electron chi connectivity index (χ4n) is 2.28. The summed E-state index contributed by atoms with van der Waals surface area (Å²) < 4.78 is 6.61. The highest BCUT2D eigenvalue weighted by molar-refractivity contribution is 9.10. The van der Waals surface area contributed by atoms with Gasteiger partial charge in [0.05, 0.1) is 0 Å². The zero-order valence-corrected chi connectivity index (χ0v) is 16.6. The smallest absolute Gasteiger partial charge is 0.410 e. The molecule has 0 aliphatic rings. The molecule has 0 saturated heterocycles. The Morgan fingerprint density at radius 1 is 1.00 bits per heavy atom. The maximum atomic E-state index is 12.5. The van der Waals surface area contributed by atoms with Gasteiger partial charge in [0.2, 0.25) is 0 Å². The van der Waals surface area contributed by atoms with E-state index in [9.17, 15) is 4.79 Å². The van der Waals surface area contributed by atoms with Crippen molar-refractivity contribution in [2.24, 2.45) is 0 Å². The molecule has 0 unspecified atom stereocenters. The average molecular weight is 401 g/mol. The highest BCUT2D eigenvalue weighted by atomic mass is 79.9. The third-order valence-electron chi connectivity index (χ3n) is 3.45. The van der Waals surface area contributed by atoms with Gasteiger partial charge in [0.1, 0.15) is 5.60 Å². The highest BCUT2D eigenvalue weighted by Gasteiger charge is 2.22. The number of carbonyl (C=O) groups is 1. The highest BCUT2D eigenvalue weighted by Crippen LogP contribution is 2.15. The fourth-order valence-corrected chi connectivity index (χ4v) is 2.54. The number of hydrogen-bond acceptors (Lipinski definition) is 2. The first kappa shape index (κ1) is 21.3. The molecule has 2 aromatic carbocycles. The Bertz CT molecular complexity index is 654. The van der Waals surface area contributed by atoms with E-state index in [4.69, 9.17) is 4.74 Å². The summed E-state index contributed by atoms with van der Waals surface area (Å²) in [5.74, 6) is 0. The van der Waals surface area contributed by atoms with E-state index in [0.717, 1.165) is 16.5 Å². The van der Waals surface area contributed by atoms with E-state index < -0.39 is 5.60 Å². The summed E-state index contributed by atoms with van der Waals surface area (Å²) in [6, 6.07) is 18.2. The summed E-state index contributed by atoms with van der Waals surface area (Å²) in [6.07, 6.45) is 0.516. The molecule has 0 atom stereocenters. The summed E-state index contributed by atoms with van der Waals surface area (Å²) in [4.78, 5) is 14.3. The first-order chi connectivity index (χ1) is 11.3. The number of benzene rings is 2. The van der Waals surface area contributed by atoms with Crippen molar-refractivity contribution in [1.29, 1.82) is 0 Å². The molecule has 0 saturated carbocycles. The Labute approximate surface area is 161 Å². The molecule has 2 rings (SSSR count). The van der Waals surface area contributed by atoms with Crippen LogP contribution < -0.4 is 0 Å². The zero-order valence-electron chi connectivity index (χ0n) is 15.0. The minimum Gasteiger partial charge on any atom is -0.444 e. The summed E-state index contributed by atoms with van der Waals surface area (Å²) in [6.45, 7) is 6.83. The van der Waals surface area contributed by atoms with Crippen molar-refractivity contribution in [3.05, 3.63) is 70.2 Å². The van der Waals surface area contributed by atoms with Crippen molar-refractivity contribution in [2.45, 2.75) is 39.3 Å². The van der Waals surface area contributed by atoms with Crippen LogP contribution in [0.4, 0.5) is 4.79 Å². The third-order valence-corrected chi connectivity index (χ3v) is 3.98. The molecule has 25 heavy (non-hydrogen) atoms. The van der Waals surface area contributed by atoms with Crippen LogP contribution in [0.25, 0.3) is 0 Å².